The van der Waals surface area contributed by atoms with Crippen molar-refractivity contribution < 1.29 is 0 Å². The Morgan fingerprint density at radius 1 is 1.25 bits per heavy atom. The first-order chi connectivity index (χ1) is 7.75. The maximum atomic E-state index is 4.22. The molecule has 0 amide bonds. The Kier molecular flexibility index (Phi) is 3.30. The van der Waals surface area contributed by atoms with Gasteiger partial charge in [0.2, 0.25) is 0 Å². The van der Waals surface area contributed by atoms with Gasteiger partial charge in [-0.25, -0.2) is 9.97 Å². The van der Waals surface area contributed by atoms with E-state index in [1.807, 2.05) is 0 Å². The third-order valence-corrected chi connectivity index (χ3v) is 2.70. The second kappa shape index (κ2) is 4.88. The lowest BCUT2D eigenvalue weighted by atomic mass is 9.97. The molecule has 0 aliphatic heterocycles. The van der Waals surface area contributed by atoms with E-state index >= 15 is 0 Å². The molecule has 1 aromatic carbocycles. The van der Waals surface area contributed by atoms with E-state index in [0.29, 0.717) is 5.92 Å². The third kappa shape index (κ3) is 2.66. The zero-order chi connectivity index (χ0) is 11.4. The number of aryl methyl sites for hydroxylation is 1. The van der Waals surface area contributed by atoms with Gasteiger partial charge in [0.05, 0.1) is 6.20 Å². The predicted molar refractivity (Wildman–Crippen MR) is 64.2 cm³/mol. The molecule has 81 valence electrons. The van der Waals surface area contributed by atoms with Crippen LogP contribution in [-0.2, 0) is 6.42 Å². The highest BCUT2D eigenvalue weighted by Gasteiger charge is 2.07. The summed E-state index contributed by atoms with van der Waals surface area (Å²) in [6.45, 7) is 4.30. The third-order valence-electron chi connectivity index (χ3n) is 2.70. The number of rotatable bonds is 3. The fourth-order valence-electron chi connectivity index (χ4n) is 1.68. The average Bonchev–Trinajstić information content (AvgIpc) is 2.31. The molecule has 0 N–H and O–H groups in total. The fraction of sp³-hybridized carbons (Fsp3) is 0.286. The van der Waals surface area contributed by atoms with Crippen molar-refractivity contribution in [2.45, 2.75) is 26.2 Å². The number of hydrogen-bond donors (Lipinski definition) is 0. The van der Waals surface area contributed by atoms with Gasteiger partial charge in [0.25, 0.3) is 0 Å². The van der Waals surface area contributed by atoms with Crippen molar-refractivity contribution in [3.05, 3.63) is 59.7 Å². The Morgan fingerprint density at radius 2 is 2.00 bits per heavy atom. The molecule has 0 saturated heterocycles. The maximum Gasteiger partial charge on any atom is 0.129 e. The zero-order valence-corrected chi connectivity index (χ0v) is 9.64. The first kappa shape index (κ1) is 10.8. The lowest BCUT2D eigenvalue weighted by molar-refractivity contribution is 0.716. The minimum atomic E-state index is 0.441. The molecule has 0 spiro atoms. The van der Waals surface area contributed by atoms with Crippen LogP contribution in [0.4, 0.5) is 0 Å². The topological polar surface area (TPSA) is 25.8 Å². The summed E-state index contributed by atoms with van der Waals surface area (Å²) in [5, 5.41) is 0. The SMILES string of the molecule is Cc1ccc(C(C)Cc2n[c]ccn2)cc1. The van der Waals surface area contributed by atoms with Crippen LogP contribution in [0.1, 0.15) is 29.8 Å². The van der Waals surface area contributed by atoms with Gasteiger partial charge in [0.1, 0.15) is 5.82 Å². The van der Waals surface area contributed by atoms with Gasteiger partial charge in [-0.2, -0.15) is 0 Å². The van der Waals surface area contributed by atoms with Crippen molar-refractivity contribution in [2.75, 3.05) is 0 Å². The molecule has 0 aliphatic carbocycles. The molecule has 0 fully saturated rings. The molecule has 1 unspecified atom stereocenters. The van der Waals surface area contributed by atoms with Gasteiger partial charge in [-0.15, -0.1) is 0 Å². The largest absolute Gasteiger partial charge is 0.241 e. The van der Waals surface area contributed by atoms with Gasteiger partial charge >= 0.3 is 0 Å². The van der Waals surface area contributed by atoms with Crippen LogP contribution in [0.25, 0.3) is 0 Å². The van der Waals surface area contributed by atoms with E-state index in [1.54, 1.807) is 12.3 Å². The number of nitrogens with zero attached hydrogens (tertiary/aromatic N) is 2. The number of benzene rings is 1. The van der Waals surface area contributed by atoms with Crippen LogP contribution in [0.2, 0.25) is 0 Å². The maximum absolute atomic E-state index is 4.22. The quantitative estimate of drug-likeness (QED) is 0.780. The van der Waals surface area contributed by atoms with Crippen LogP contribution in [0.5, 0.6) is 0 Å². The second-order valence-corrected chi connectivity index (χ2v) is 4.12. The summed E-state index contributed by atoms with van der Waals surface area (Å²) in [5.74, 6) is 1.30. The molecule has 1 heterocycles. The van der Waals surface area contributed by atoms with Crippen molar-refractivity contribution in [3.63, 3.8) is 0 Å². The Balaban J connectivity index is 2.09. The monoisotopic (exact) mass is 211 g/mol. The Bertz CT molecular complexity index is 434. The van der Waals surface area contributed by atoms with Gasteiger partial charge in [0, 0.05) is 12.6 Å². The van der Waals surface area contributed by atoms with E-state index in [0.717, 1.165) is 12.2 Å². The molecular weight excluding hydrogens is 196 g/mol. The normalized spacial score (nSPS) is 12.4. The minimum Gasteiger partial charge on any atom is -0.241 e. The van der Waals surface area contributed by atoms with Crippen molar-refractivity contribution in [3.8, 4) is 0 Å². The lowest BCUT2D eigenvalue weighted by Crippen LogP contribution is -2.02. The van der Waals surface area contributed by atoms with E-state index in [2.05, 4.69) is 54.3 Å². The zero-order valence-electron chi connectivity index (χ0n) is 9.64. The number of hydrogen-bond acceptors (Lipinski definition) is 2. The Hall–Kier alpha value is -1.70. The van der Waals surface area contributed by atoms with Gasteiger partial charge < -0.3 is 0 Å². The summed E-state index contributed by atoms with van der Waals surface area (Å²) in [6, 6.07) is 10.4. The van der Waals surface area contributed by atoms with Crippen molar-refractivity contribution >= 4 is 0 Å². The molecule has 0 bridgehead atoms. The molecule has 16 heavy (non-hydrogen) atoms. The number of aromatic nitrogens is 2. The molecule has 0 saturated carbocycles. The van der Waals surface area contributed by atoms with E-state index in [4.69, 9.17) is 0 Å². The molecule has 1 atom stereocenters. The molecule has 1 radical (unpaired) electrons. The second-order valence-electron chi connectivity index (χ2n) is 4.12. The summed E-state index contributed by atoms with van der Waals surface area (Å²) < 4.78 is 0. The molecule has 2 heteroatoms. The van der Waals surface area contributed by atoms with E-state index in [1.165, 1.54) is 11.1 Å². The fourth-order valence-corrected chi connectivity index (χ4v) is 1.68. The Morgan fingerprint density at radius 3 is 2.62 bits per heavy atom. The first-order valence-corrected chi connectivity index (χ1v) is 5.50. The lowest BCUT2D eigenvalue weighted by Gasteiger charge is -2.10. The highest BCUT2D eigenvalue weighted by Crippen LogP contribution is 2.18. The van der Waals surface area contributed by atoms with Crippen molar-refractivity contribution in [2.24, 2.45) is 0 Å². The van der Waals surface area contributed by atoms with E-state index in [-0.39, 0.29) is 0 Å². The van der Waals surface area contributed by atoms with E-state index < -0.39 is 0 Å². The average molecular weight is 211 g/mol. The Labute approximate surface area is 96.4 Å². The molecule has 2 nitrogen and oxygen atoms in total. The summed E-state index contributed by atoms with van der Waals surface area (Å²) in [4.78, 5) is 8.35. The smallest absolute Gasteiger partial charge is 0.129 e. The van der Waals surface area contributed by atoms with E-state index in [9.17, 15) is 0 Å². The van der Waals surface area contributed by atoms with Crippen molar-refractivity contribution in [1.82, 2.24) is 9.97 Å². The standard InChI is InChI=1S/C14H15N2/c1-11-4-6-13(7-5-11)12(2)10-14-15-8-3-9-16-14/h3-8,12H,10H2,1-2H3. The van der Waals surface area contributed by atoms with Crippen LogP contribution in [0.3, 0.4) is 0 Å². The van der Waals surface area contributed by atoms with Gasteiger partial charge in [-0.05, 0) is 24.5 Å². The van der Waals surface area contributed by atoms with Crippen LogP contribution in [0, 0.1) is 13.1 Å². The van der Waals surface area contributed by atoms with Crippen LogP contribution in [0.15, 0.2) is 36.5 Å². The van der Waals surface area contributed by atoms with Crippen LogP contribution < -0.4 is 0 Å². The minimum absolute atomic E-state index is 0.441. The summed E-state index contributed by atoms with van der Waals surface area (Å²) in [5.41, 5.74) is 2.62. The molecule has 0 aliphatic rings. The molecule has 1 aromatic heterocycles. The van der Waals surface area contributed by atoms with Gasteiger partial charge in [0.15, 0.2) is 0 Å². The molecule has 2 aromatic rings. The predicted octanol–water partition coefficient (Wildman–Crippen LogP) is 2.93. The summed E-state index contributed by atoms with van der Waals surface area (Å²) in [6.07, 6.45) is 5.42. The van der Waals surface area contributed by atoms with Crippen LogP contribution in [-0.4, -0.2) is 9.97 Å². The molecular formula is C14H15N2. The van der Waals surface area contributed by atoms with Crippen molar-refractivity contribution in [1.29, 1.82) is 0 Å². The highest BCUT2D eigenvalue weighted by molar-refractivity contribution is 5.24. The van der Waals surface area contributed by atoms with Gasteiger partial charge in [-0.1, -0.05) is 36.8 Å². The van der Waals surface area contributed by atoms with Gasteiger partial charge in [-0.3, -0.25) is 0 Å². The summed E-state index contributed by atoms with van der Waals surface area (Å²) >= 11 is 0. The van der Waals surface area contributed by atoms with Crippen LogP contribution >= 0.6 is 0 Å². The highest BCUT2D eigenvalue weighted by atomic mass is 14.8. The summed E-state index contributed by atoms with van der Waals surface area (Å²) in [7, 11) is 0. The first-order valence-electron chi connectivity index (χ1n) is 5.50. The molecule has 2 rings (SSSR count).